The van der Waals surface area contributed by atoms with E-state index < -0.39 is 27.7 Å². The van der Waals surface area contributed by atoms with Gasteiger partial charge in [-0.3, -0.25) is 4.79 Å². The van der Waals surface area contributed by atoms with Crippen molar-refractivity contribution < 1.29 is 21.5 Å². The number of amides is 1. The van der Waals surface area contributed by atoms with Crippen LogP contribution in [0.5, 0.6) is 0 Å². The molecule has 0 aliphatic carbocycles. The van der Waals surface area contributed by atoms with Gasteiger partial charge in [0.15, 0.2) is 0 Å². The summed E-state index contributed by atoms with van der Waals surface area (Å²) < 4.78 is 47.2. The van der Waals surface area contributed by atoms with Gasteiger partial charge in [-0.2, -0.15) is 8.42 Å². The van der Waals surface area contributed by atoms with Gasteiger partial charge in [-0.25, -0.2) is 4.39 Å². The number of hydrogen-bond donors (Lipinski definition) is 0. The third-order valence-electron chi connectivity index (χ3n) is 3.11. The summed E-state index contributed by atoms with van der Waals surface area (Å²) in [7, 11) is -4.60. The fourth-order valence-electron chi connectivity index (χ4n) is 2.17. The maximum absolute atomic E-state index is 13.4. The maximum Gasteiger partial charge on any atom is 0.302 e. The molecular weight excluding hydrogens is 276 g/mol. The van der Waals surface area contributed by atoms with Crippen LogP contribution in [0.25, 0.3) is 0 Å². The Morgan fingerprint density at radius 3 is 2.68 bits per heavy atom. The van der Waals surface area contributed by atoms with E-state index in [0.717, 1.165) is 0 Å². The van der Waals surface area contributed by atoms with E-state index >= 15 is 0 Å². The molecule has 1 heterocycles. The molecule has 1 atom stereocenters. The van der Waals surface area contributed by atoms with Crippen molar-refractivity contribution in [1.82, 2.24) is 0 Å². The molecule has 1 fully saturated rings. The predicted molar refractivity (Wildman–Crippen MR) is 66.5 cm³/mol. The molecule has 1 aromatic rings. The van der Waals surface area contributed by atoms with Crippen molar-refractivity contribution in [2.45, 2.75) is 13.3 Å². The van der Waals surface area contributed by atoms with Gasteiger partial charge in [0, 0.05) is 24.6 Å². The van der Waals surface area contributed by atoms with Crippen molar-refractivity contribution >= 4 is 21.8 Å². The van der Waals surface area contributed by atoms with Gasteiger partial charge in [0.05, 0.1) is 5.75 Å². The molecule has 1 aliphatic rings. The van der Waals surface area contributed by atoms with Crippen molar-refractivity contribution in [1.29, 1.82) is 0 Å². The van der Waals surface area contributed by atoms with Crippen molar-refractivity contribution in [2.75, 3.05) is 17.2 Å². The zero-order valence-electron chi connectivity index (χ0n) is 10.3. The van der Waals surface area contributed by atoms with Gasteiger partial charge in [0.2, 0.25) is 5.91 Å². The Bertz CT molecular complexity index is 615. The highest BCUT2D eigenvalue weighted by molar-refractivity contribution is 7.86. The number of hydrogen-bond acceptors (Lipinski definition) is 3. The van der Waals surface area contributed by atoms with Gasteiger partial charge in [0.1, 0.15) is 5.82 Å². The first-order valence-electron chi connectivity index (χ1n) is 5.75. The highest BCUT2D eigenvalue weighted by atomic mass is 32.3. The molecule has 0 aromatic heterocycles. The van der Waals surface area contributed by atoms with E-state index in [1.165, 1.54) is 17.0 Å². The Morgan fingerprint density at radius 1 is 1.42 bits per heavy atom. The zero-order chi connectivity index (χ0) is 14.2. The molecule has 1 aromatic carbocycles. The molecule has 2 rings (SSSR count). The lowest BCUT2D eigenvalue weighted by Crippen LogP contribution is -2.25. The Kier molecular flexibility index (Phi) is 3.58. The van der Waals surface area contributed by atoms with E-state index in [-0.39, 0.29) is 18.9 Å². The lowest BCUT2D eigenvalue weighted by molar-refractivity contribution is -0.117. The number of halogens is 2. The van der Waals surface area contributed by atoms with Crippen LogP contribution in [0.1, 0.15) is 12.0 Å². The largest absolute Gasteiger partial charge is 0.312 e. The average Bonchev–Trinajstić information content (AvgIpc) is 2.61. The van der Waals surface area contributed by atoms with Crippen LogP contribution in [0.15, 0.2) is 18.2 Å². The molecule has 1 unspecified atom stereocenters. The summed E-state index contributed by atoms with van der Waals surface area (Å²) in [5.41, 5.74) is 0.824. The molecule has 4 nitrogen and oxygen atoms in total. The fraction of sp³-hybridized carbons (Fsp3) is 0.417. The molecule has 0 saturated carbocycles. The summed E-state index contributed by atoms with van der Waals surface area (Å²) >= 11 is 0. The van der Waals surface area contributed by atoms with Gasteiger partial charge < -0.3 is 4.90 Å². The van der Waals surface area contributed by atoms with Crippen molar-refractivity contribution in [2.24, 2.45) is 5.92 Å². The third-order valence-corrected chi connectivity index (χ3v) is 3.98. The first-order valence-corrected chi connectivity index (χ1v) is 7.30. The van der Waals surface area contributed by atoms with Gasteiger partial charge in [-0.05, 0) is 24.6 Å². The Hall–Kier alpha value is -1.50. The van der Waals surface area contributed by atoms with Crippen LogP contribution >= 0.6 is 0 Å². The molecular formula is C12H13F2NO3S. The summed E-state index contributed by atoms with van der Waals surface area (Å²) in [5.74, 6) is -2.03. The molecule has 0 spiro atoms. The summed E-state index contributed by atoms with van der Waals surface area (Å²) in [4.78, 5) is 13.0. The lowest BCUT2D eigenvalue weighted by Gasteiger charge is -2.17. The first-order chi connectivity index (χ1) is 8.76. The summed E-state index contributed by atoms with van der Waals surface area (Å²) in [6.45, 7) is 1.69. The Balaban J connectivity index is 2.18. The minimum absolute atomic E-state index is 0.0430. The summed E-state index contributed by atoms with van der Waals surface area (Å²) in [5, 5.41) is 0. The predicted octanol–water partition coefficient (Wildman–Crippen LogP) is 1.79. The molecule has 1 amide bonds. The van der Waals surface area contributed by atoms with E-state index in [9.17, 15) is 21.5 Å². The van der Waals surface area contributed by atoms with Gasteiger partial charge in [-0.15, -0.1) is 3.89 Å². The third kappa shape index (κ3) is 3.28. The number of benzene rings is 1. The Labute approximate surface area is 110 Å². The van der Waals surface area contributed by atoms with Crippen LogP contribution < -0.4 is 4.90 Å². The molecule has 104 valence electrons. The highest BCUT2D eigenvalue weighted by Gasteiger charge is 2.33. The average molecular weight is 289 g/mol. The number of rotatable bonds is 3. The van der Waals surface area contributed by atoms with Crippen LogP contribution in [0.2, 0.25) is 0 Å². The number of carbonyl (C=O) groups is 1. The van der Waals surface area contributed by atoms with E-state index in [1.807, 2.05) is 0 Å². The lowest BCUT2D eigenvalue weighted by atomic mass is 10.1. The molecule has 0 bridgehead atoms. The monoisotopic (exact) mass is 289 g/mol. The van der Waals surface area contributed by atoms with E-state index in [1.54, 1.807) is 13.0 Å². The van der Waals surface area contributed by atoms with Gasteiger partial charge in [0.25, 0.3) is 0 Å². The summed E-state index contributed by atoms with van der Waals surface area (Å²) in [6, 6.07) is 4.35. The number of anilines is 1. The molecule has 7 heteroatoms. The quantitative estimate of drug-likeness (QED) is 0.797. The second kappa shape index (κ2) is 4.88. The molecule has 0 radical (unpaired) electrons. The molecule has 0 N–H and O–H groups in total. The smallest absolute Gasteiger partial charge is 0.302 e. The second-order valence-electron chi connectivity index (χ2n) is 4.71. The molecule has 1 saturated heterocycles. The maximum atomic E-state index is 13.4. The van der Waals surface area contributed by atoms with Crippen LogP contribution in [0, 0.1) is 18.7 Å². The van der Waals surface area contributed by atoms with Gasteiger partial charge >= 0.3 is 10.2 Å². The topological polar surface area (TPSA) is 54.5 Å². The van der Waals surface area contributed by atoms with Crippen LogP contribution in [-0.4, -0.2) is 26.6 Å². The van der Waals surface area contributed by atoms with Crippen molar-refractivity contribution in [3.05, 3.63) is 29.6 Å². The van der Waals surface area contributed by atoms with Crippen LogP contribution in [0.3, 0.4) is 0 Å². The van der Waals surface area contributed by atoms with Crippen LogP contribution in [0.4, 0.5) is 14.0 Å². The highest BCUT2D eigenvalue weighted by Crippen LogP contribution is 2.27. The van der Waals surface area contributed by atoms with Crippen molar-refractivity contribution in [3.8, 4) is 0 Å². The first kappa shape index (κ1) is 13.9. The second-order valence-corrected chi connectivity index (χ2v) is 6.12. The Morgan fingerprint density at radius 2 is 2.11 bits per heavy atom. The SMILES string of the molecule is Cc1ccc(N2CC(CS(=O)(=O)F)CC2=O)cc1F. The van der Waals surface area contributed by atoms with Crippen molar-refractivity contribution in [3.63, 3.8) is 0 Å². The summed E-state index contributed by atoms with van der Waals surface area (Å²) in [6.07, 6.45) is -0.0430. The standard InChI is InChI=1S/C12H13F2NO3S/c1-8-2-3-10(5-11(8)13)15-6-9(4-12(15)16)7-19(14,17)18/h2-3,5,9H,4,6-7H2,1H3. The number of nitrogens with zero attached hydrogens (tertiary/aromatic N) is 1. The molecule has 1 aliphatic heterocycles. The van der Waals surface area contributed by atoms with Crippen LogP contribution in [-0.2, 0) is 15.0 Å². The number of aryl methyl sites for hydroxylation is 1. The van der Waals surface area contributed by atoms with E-state index in [2.05, 4.69) is 0 Å². The minimum atomic E-state index is -4.60. The normalized spacial score (nSPS) is 20.1. The van der Waals surface area contributed by atoms with E-state index in [4.69, 9.17) is 0 Å². The molecule has 19 heavy (non-hydrogen) atoms. The van der Waals surface area contributed by atoms with Gasteiger partial charge in [-0.1, -0.05) is 6.07 Å². The zero-order valence-corrected chi connectivity index (χ0v) is 11.1. The minimum Gasteiger partial charge on any atom is -0.312 e. The fourth-order valence-corrected chi connectivity index (χ4v) is 2.96. The number of carbonyl (C=O) groups excluding carboxylic acids is 1. The van der Waals surface area contributed by atoms with E-state index in [0.29, 0.717) is 11.3 Å².